The van der Waals surface area contributed by atoms with Crippen LogP contribution < -0.4 is 5.32 Å². The highest BCUT2D eigenvalue weighted by molar-refractivity contribution is 5.19. The molecule has 1 saturated heterocycles. The molecule has 2 rings (SSSR count). The van der Waals surface area contributed by atoms with E-state index in [1.807, 2.05) is 0 Å². The quantitative estimate of drug-likeness (QED) is 0.871. The zero-order valence-corrected chi connectivity index (χ0v) is 11.8. The van der Waals surface area contributed by atoms with Gasteiger partial charge < -0.3 is 15.1 Å². The third-order valence-electron chi connectivity index (χ3n) is 3.77. The Kier molecular flexibility index (Phi) is 4.75. The van der Waals surface area contributed by atoms with E-state index in [0.717, 1.165) is 19.6 Å². The molecule has 3 heteroatoms. The van der Waals surface area contributed by atoms with E-state index < -0.39 is 0 Å². The minimum Gasteiger partial charge on any atom is -0.311 e. The number of hydrogen-bond donors (Lipinski definition) is 1. The molecule has 0 radical (unpaired) electrons. The summed E-state index contributed by atoms with van der Waals surface area (Å²) in [6.45, 7) is 3.42. The van der Waals surface area contributed by atoms with Crippen LogP contribution in [-0.4, -0.2) is 56.6 Å². The average molecular weight is 247 g/mol. The van der Waals surface area contributed by atoms with Crippen molar-refractivity contribution in [1.82, 2.24) is 15.1 Å². The van der Waals surface area contributed by atoms with Crippen molar-refractivity contribution in [1.29, 1.82) is 0 Å². The number of nitrogens with one attached hydrogen (secondary N) is 1. The van der Waals surface area contributed by atoms with Gasteiger partial charge in [0.1, 0.15) is 0 Å². The van der Waals surface area contributed by atoms with Crippen molar-refractivity contribution in [3.05, 3.63) is 35.9 Å². The molecule has 0 aromatic heterocycles. The van der Waals surface area contributed by atoms with Gasteiger partial charge in [-0.15, -0.1) is 0 Å². The smallest absolute Gasteiger partial charge is 0.0357 e. The predicted molar refractivity (Wildman–Crippen MR) is 76.8 cm³/mol. The zero-order chi connectivity index (χ0) is 13.0. The lowest BCUT2D eigenvalue weighted by Gasteiger charge is -2.35. The van der Waals surface area contributed by atoms with Crippen LogP contribution in [0.4, 0.5) is 0 Å². The number of rotatable bonds is 4. The van der Waals surface area contributed by atoms with Gasteiger partial charge in [0, 0.05) is 31.7 Å². The van der Waals surface area contributed by atoms with E-state index in [9.17, 15) is 0 Å². The van der Waals surface area contributed by atoms with Crippen molar-refractivity contribution in [3.63, 3.8) is 0 Å². The van der Waals surface area contributed by atoms with E-state index >= 15 is 0 Å². The lowest BCUT2D eigenvalue weighted by Crippen LogP contribution is -2.50. The van der Waals surface area contributed by atoms with Crippen LogP contribution >= 0.6 is 0 Å². The Morgan fingerprint density at radius 3 is 2.67 bits per heavy atom. The second-order valence-electron chi connectivity index (χ2n) is 5.54. The van der Waals surface area contributed by atoms with Gasteiger partial charge in [-0.1, -0.05) is 30.3 Å². The van der Waals surface area contributed by atoms with Crippen molar-refractivity contribution in [2.75, 3.05) is 40.8 Å². The van der Waals surface area contributed by atoms with E-state index in [0.29, 0.717) is 12.1 Å². The van der Waals surface area contributed by atoms with Crippen LogP contribution in [0, 0.1) is 0 Å². The van der Waals surface area contributed by atoms with E-state index in [2.05, 4.69) is 66.6 Å². The van der Waals surface area contributed by atoms with Crippen molar-refractivity contribution in [2.45, 2.75) is 18.5 Å². The van der Waals surface area contributed by atoms with Crippen LogP contribution in [0.15, 0.2) is 30.3 Å². The topological polar surface area (TPSA) is 18.5 Å². The molecule has 3 nitrogen and oxygen atoms in total. The lowest BCUT2D eigenvalue weighted by atomic mass is 9.97. The Morgan fingerprint density at radius 2 is 2.06 bits per heavy atom. The maximum Gasteiger partial charge on any atom is 0.0357 e. The Labute approximate surface area is 111 Å². The molecule has 1 aliphatic rings. The van der Waals surface area contributed by atoms with Gasteiger partial charge in [-0.3, -0.25) is 0 Å². The number of hydrogen-bond acceptors (Lipinski definition) is 3. The highest BCUT2D eigenvalue weighted by Crippen LogP contribution is 2.24. The average Bonchev–Trinajstić information content (AvgIpc) is 2.37. The molecule has 0 spiro atoms. The Morgan fingerprint density at radius 1 is 1.33 bits per heavy atom. The summed E-state index contributed by atoms with van der Waals surface area (Å²) >= 11 is 0. The summed E-state index contributed by atoms with van der Waals surface area (Å²) in [5.74, 6) is 0. The number of piperazine rings is 1. The van der Waals surface area contributed by atoms with E-state index in [1.54, 1.807) is 0 Å². The van der Waals surface area contributed by atoms with Gasteiger partial charge >= 0.3 is 0 Å². The van der Waals surface area contributed by atoms with Crippen LogP contribution in [0.5, 0.6) is 0 Å². The summed E-state index contributed by atoms with van der Waals surface area (Å²) in [6.07, 6.45) is 1.17. The van der Waals surface area contributed by atoms with Crippen LogP contribution in [-0.2, 0) is 0 Å². The van der Waals surface area contributed by atoms with Crippen LogP contribution in [0.3, 0.4) is 0 Å². The van der Waals surface area contributed by atoms with Crippen molar-refractivity contribution >= 4 is 0 Å². The van der Waals surface area contributed by atoms with E-state index in [1.165, 1.54) is 12.0 Å². The second-order valence-corrected chi connectivity index (χ2v) is 5.54. The van der Waals surface area contributed by atoms with Crippen molar-refractivity contribution in [3.8, 4) is 0 Å². The predicted octanol–water partition coefficient (Wildman–Crippen LogP) is 1.58. The minimum atomic E-state index is 0.496. The summed E-state index contributed by atoms with van der Waals surface area (Å²) in [5.41, 5.74) is 1.41. The summed E-state index contributed by atoms with van der Waals surface area (Å²) in [6, 6.07) is 11.9. The van der Waals surface area contributed by atoms with Crippen LogP contribution in [0.1, 0.15) is 18.0 Å². The monoisotopic (exact) mass is 247 g/mol. The number of benzene rings is 1. The SMILES string of the molecule is CN1CCNC(CC(c2ccccc2)N(C)C)C1. The van der Waals surface area contributed by atoms with E-state index in [-0.39, 0.29) is 0 Å². The fraction of sp³-hybridized carbons (Fsp3) is 0.600. The first kappa shape index (κ1) is 13.5. The fourth-order valence-corrected chi connectivity index (χ4v) is 2.74. The summed E-state index contributed by atoms with van der Waals surface area (Å²) in [5, 5.41) is 3.64. The molecular weight excluding hydrogens is 222 g/mol. The normalized spacial score (nSPS) is 23.2. The number of likely N-dealkylation sites (N-methyl/N-ethyl adjacent to an activating group) is 1. The molecule has 1 aromatic carbocycles. The van der Waals surface area contributed by atoms with Gasteiger partial charge in [0.25, 0.3) is 0 Å². The third kappa shape index (κ3) is 3.55. The molecule has 0 saturated carbocycles. The fourth-order valence-electron chi connectivity index (χ4n) is 2.74. The maximum atomic E-state index is 3.64. The molecule has 100 valence electrons. The minimum absolute atomic E-state index is 0.496. The molecule has 0 amide bonds. The third-order valence-corrected chi connectivity index (χ3v) is 3.77. The Bertz CT molecular complexity index is 350. The molecule has 1 heterocycles. The molecule has 2 atom stereocenters. The van der Waals surface area contributed by atoms with Gasteiger partial charge in [0.2, 0.25) is 0 Å². The van der Waals surface area contributed by atoms with Crippen molar-refractivity contribution < 1.29 is 0 Å². The van der Waals surface area contributed by atoms with E-state index in [4.69, 9.17) is 0 Å². The molecule has 1 fully saturated rings. The van der Waals surface area contributed by atoms with Crippen LogP contribution in [0.25, 0.3) is 0 Å². The maximum absolute atomic E-state index is 3.64. The highest BCUT2D eigenvalue weighted by Gasteiger charge is 2.22. The molecule has 0 bridgehead atoms. The van der Waals surface area contributed by atoms with Crippen LogP contribution in [0.2, 0.25) is 0 Å². The largest absolute Gasteiger partial charge is 0.311 e. The molecule has 2 unspecified atom stereocenters. The van der Waals surface area contributed by atoms with Gasteiger partial charge in [0.15, 0.2) is 0 Å². The molecule has 18 heavy (non-hydrogen) atoms. The Balaban J connectivity index is 2.03. The highest BCUT2D eigenvalue weighted by atomic mass is 15.2. The number of nitrogens with zero attached hydrogens (tertiary/aromatic N) is 2. The Hall–Kier alpha value is -0.900. The molecule has 1 aliphatic heterocycles. The molecule has 1 N–H and O–H groups in total. The summed E-state index contributed by atoms with van der Waals surface area (Å²) in [7, 11) is 6.55. The van der Waals surface area contributed by atoms with Gasteiger partial charge in [0.05, 0.1) is 0 Å². The first-order chi connectivity index (χ1) is 8.66. The van der Waals surface area contributed by atoms with Gasteiger partial charge in [-0.05, 0) is 33.1 Å². The molecule has 1 aromatic rings. The standard InChI is InChI=1S/C15H25N3/c1-17(2)15(13-7-5-4-6-8-13)11-14-12-18(3)10-9-16-14/h4-8,14-16H,9-12H2,1-3H3. The lowest BCUT2D eigenvalue weighted by molar-refractivity contribution is 0.190. The zero-order valence-electron chi connectivity index (χ0n) is 11.8. The van der Waals surface area contributed by atoms with Gasteiger partial charge in [-0.25, -0.2) is 0 Å². The summed E-state index contributed by atoms with van der Waals surface area (Å²) in [4.78, 5) is 4.74. The second kappa shape index (κ2) is 6.32. The van der Waals surface area contributed by atoms with Crippen molar-refractivity contribution in [2.24, 2.45) is 0 Å². The molecular formula is C15H25N3. The first-order valence-corrected chi connectivity index (χ1v) is 6.80. The summed E-state index contributed by atoms with van der Waals surface area (Å²) < 4.78 is 0. The van der Waals surface area contributed by atoms with Gasteiger partial charge in [-0.2, -0.15) is 0 Å². The first-order valence-electron chi connectivity index (χ1n) is 6.80. The molecule has 0 aliphatic carbocycles.